The fourth-order valence-electron chi connectivity index (χ4n) is 3.94. The molecule has 2 aromatic carbocycles. The van der Waals surface area contributed by atoms with Crippen molar-refractivity contribution in [3.8, 4) is 17.0 Å². The average Bonchev–Trinajstić information content (AvgIpc) is 3.30. The fraction of sp³-hybridized carbons (Fsp3) is 0.167. The quantitative estimate of drug-likeness (QED) is 0.377. The molecule has 3 heterocycles. The van der Waals surface area contributed by atoms with Crippen LogP contribution in [0.15, 0.2) is 61.1 Å². The molecular weight excluding hydrogens is 439 g/mol. The van der Waals surface area contributed by atoms with Gasteiger partial charge in [-0.25, -0.2) is 19.2 Å². The molecule has 0 spiro atoms. The summed E-state index contributed by atoms with van der Waals surface area (Å²) >= 11 is 0. The van der Waals surface area contributed by atoms with Crippen LogP contribution in [0.4, 0.5) is 26.4 Å². The maximum atomic E-state index is 14.2. The lowest BCUT2D eigenvalue weighted by Crippen LogP contribution is -2.29. The Labute approximate surface area is 194 Å². The van der Waals surface area contributed by atoms with Crippen LogP contribution < -0.4 is 15.8 Å². The zero-order valence-corrected chi connectivity index (χ0v) is 18.0. The summed E-state index contributed by atoms with van der Waals surface area (Å²) in [4.78, 5) is 25.4. The van der Waals surface area contributed by atoms with Crippen molar-refractivity contribution >= 4 is 34.2 Å². The van der Waals surface area contributed by atoms with Gasteiger partial charge in [-0.3, -0.25) is 4.98 Å². The number of carbonyl (C=O) groups is 1. The summed E-state index contributed by atoms with van der Waals surface area (Å²) < 4.78 is 20.2. The standard InChI is InChI=1S/C24H21FN6O3/c25-18-4-2-1-3-16(18)20-9-14(5-7-27-20)30-23-17-10-19(26)22(11-21(17)28-13-29-23)34-15-6-8-31(12-15)24(32)33/h1-5,7,9-11,13,15H,6,8,12,26H2,(H,32,33)(H,27,28,29,30)/t15-/m1/s1. The van der Waals surface area contributed by atoms with Crippen LogP contribution in [0.2, 0.25) is 0 Å². The summed E-state index contributed by atoms with van der Waals surface area (Å²) in [7, 11) is 0. The first kappa shape index (κ1) is 21.4. The van der Waals surface area contributed by atoms with Gasteiger partial charge in [0.05, 0.1) is 23.4 Å². The number of benzene rings is 2. The molecule has 5 rings (SSSR count). The number of hydrogen-bond acceptors (Lipinski definition) is 7. The highest BCUT2D eigenvalue weighted by Crippen LogP contribution is 2.33. The van der Waals surface area contributed by atoms with Crippen molar-refractivity contribution in [2.24, 2.45) is 0 Å². The number of hydrogen-bond donors (Lipinski definition) is 3. The van der Waals surface area contributed by atoms with Crippen molar-refractivity contribution in [1.29, 1.82) is 0 Å². The van der Waals surface area contributed by atoms with E-state index in [2.05, 4.69) is 20.3 Å². The topological polar surface area (TPSA) is 126 Å². The van der Waals surface area contributed by atoms with Crippen LogP contribution in [0.3, 0.4) is 0 Å². The molecule has 9 nitrogen and oxygen atoms in total. The minimum Gasteiger partial charge on any atom is -0.486 e. The highest BCUT2D eigenvalue weighted by molar-refractivity contribution is 5.94. The second-order valence-electron chi connectivity index (χ2n) is 7.92. The number of pyridine rings is 1. The second kappa shape index (κ2) is 8.81. The third kappa shape index (κ3) is 4.25. The molecule has 34 heavy (non-hydrogen) atoms. The average molecular weight is 460 g/mol. The lowest BCUT2D eigenvalue weighted by Gasteiger charge is -2.17. The van der Waals surface area contributed by atoms with Crippen molar-refractivity contribution < 1.29 is 19.0 Å². The Morgan fingerprint density at radius 2 is 2.03 bits per heavy atom. The van der Waals surface area contributed by atoms with E-state index in [1.54, 1.807) is 48.7 Å². The van der Waals surface area contributed by atoms with Crippen LogP contribution in [0.25, 0.3) is 22.2 Å². The van der Waals surface area contributed by atoms with Gasteiger partial charge in [0.2, 0.25) is 0 Å². The van der Waals surface area contributed by atoms with Crippen LogP contribution in [-0.2, 0) is 0 Å². The van der Waals surface area contributed by atoms with E-state index in [0.717, 1.165) is 0 Å². The Morgan fingerprint density at radius 1 is 1.18 bits per heavy atom. The summed E-state index contributed by atoms with van der Waals surface area (Å²) in [6.07, 6.45) is 2.37. The number of anilines is 3. The van der Waals surface area contributed by atoms with Gasteiger partial charge < -0.3 is 25.8 Å². The predicted molar refractivity (Wildman–Crippen MR) is 125 cm³/mol. The minimum atomic E-state index is -0.963. The van der Waals surface area contributed by atoms with E-state index in [1.807, 2.05) is 0 Å². The number of nitrogen functional groups attached to an aromatic ring is 1. The van der Waals surface area contributed by atoms with Crippen molar-refractivity contribution in [3.63, 3.8) is 0 Å². The van der Waals surface area contributed by atoms with Crippen molar-refractivity contribution in [2.75, 3.05) is 24.1 Å². The summed E-state index contributed by atoms with van der Waals surface area (Å²) in [6.45, 7) is 0.709. The lowest BCUT2D eigenvalue weighted by molar-refractivity contribution is 0.146. The molecule has 0 aliphatic carbocycles. The van der Waals surface area contributed by atoms with Crippen LogP contribution in [0.5, 0.6) is 5.75 Å². The number of rotatable bonds is 5. The van der Waals surface area contributed by atoms with Gasteiger partial charge in [0.25, 0.3) is 0 Å². The van der Waals surface area contributed by atoms with Crippen LogP contribution in [0, 0.1) is 5.82 Å². The summed E-state index contributed by atoms with van der Waals surface area (Å²) in [5.74, 6) is 0.612. The van der Waals surface area contributed by atoms with Gasteiger partial charge in [-0.05, 0) is 30.3 Å². The SMILES string of the molecule is Nc1cc2c(Nc3ccnc(-c4ccccc4F)c3)ncnc2cc1O[C@@H]1CCN(C(=O)O)C1. The molecule has 0 unspecified atom stereocenters. The Hall–Kier alpha value is -4.47. The van der Waals surface area contributed by atoms with Gasteiger partial charge in [0, 0.05) is 41.9 Å². The van der Waals surface area contributed by atoms with Crippen LogP contribution in [-0.4, -0.2) is 50.2 Å². The van der Waals surface area contributed by atoms with E-state index in [0.29, 0.717) is 58.1 Å². The predicted octanol–water partition coefficient (Wildman–Crippen LogP) is 4.29. The first-order chi connectivity index (χ1) is 16.5. The molecule has 0 saturated carbocycles. The molecule has 2 aromatic heterocycles. The van der Waals surface area contributed by atoms with Gasteiger partial charge in [-0.2, -0.15) is 0 Å². The van der Waals surface area contributed by atoms with E-state index >= 15 is 0 Å². The number of nitrogens with one attached hydrogen (secondary N) is 1. The highest BCUT2D eigenvalue weighted by Gasteiger charge is 2.28. The molecule has 0 radical (unpaired) electrons. The molecule has 1 saturated heterocycles. The zero-order valence-electron chi connectivity index (χ0n) is 18.0. The zero-order chi connectivity index (χ0) is 23.7. The number of likely N-dealkylation sites (tertiary alicyclic amines) is 1. The smallest absolute Gasteiger partial charge is 0.407 e. The molecule has 10 heteroatoms. The molecule has 1 atom stereocenters. The third-order valence-corrected chi connectivity index (χ3v) is 5.65. The van der Waals surface area contributed by atoms with E-state index in [9.17, 15) is 9.18 Å². The van der Waals surface area contributed by atoms with Crippen molar-refractivity contribution in [2.45, 2.75) is 12.5 Å². The first-order valence-corrected chi connectivity index (χ1v) is 10.6. The molecule has 1 amide bonds. The van der Waals surface area contributed by atoms with Gasteiger partial charge in [-0.1, -0.05) is 12.1 Å². The molecule has 1 aliphatic heterocycles. The van der Waals surface area contributed by atoms with Crippen molar-refractivity contribution in [3.05, 3.63) is 66.9 Å². The lowest BCUT2D eigenvalue weighted by atomic mass is 10.1. The second-order valence-corrected chi connectivity index (χ2v) is 7.92. The number of halogens is 1. The van der Waals surface area contributed by atoms with E-state index in [1.165, 1.54) is 17.3 Å². The molecule has 0 bridgehead atoms. The van der Waals surface area contributed by atoms with Gasteiger partial charge in [-0.15, -0.1) is 0 Å². The number of aromatic nitrogens is 3. The normalized spacial score (nSPS) is 15.4. The number of amides is 1. The Morgan fingerprint density at radius 3 is 2.82 bits per heavy atom. The van der Waals surface area contributed by atoms with Gasteiger partial charge in [0.1, 0.15) is 29.8 Å². The Kier molecular flexibility index (Phi) is 5.54. The number of ether oxygens (including phenoxy) is 1. The molecule has 1 aliphatic rings. The van der Waals surface area contributed by atoms with E-state index in [4.69, 9.17) is 15.6 Å². The molecule has 4 aromatic rings. The minimum absolute atomic E-state index is 0.274. The molecule has 1 fully saturated rings. The Balaban J connectivity index is 1.41. The van der Waals surface area contributed by atoms with Gasteiger partial charge in [0.15, 0.2) is 0 Å². The largest absolute Gasteiger partial charge is 0.486 e. The number of nitrogens with zero attached hydrogens (tertiary/aromatic N) is 4. The number of nitrogens with two attached hydrogens (primary N) is 1. The third-order valence-electron chi connectivity index (χ3n) is 5.65. The Bertz CT molecular complexity index is 1380. The maximum absolute atomic E-state index is 14.2. The van der Waals surface area contributed by atoms with E-state index < -0.39 is 6.09 Å². The molecule has 172 valence electrons. The summed E-state index contributed by atoms with van der Waals surface area (Å²) in [6, 6.07) is 13.4. The fourth-order valence-corrected chi connectivity index (χ4v) is 3.94. The highest BCUT2D eigenvalue weighted by atomic mass is 19.1. The molecule has 4 N–H and O–H groups in total. The first-order valence-electron chi connectivity index (χ1n) is 10.6. The number of carboxylic acid groups (broad SMARTS) is 1. The van der Waals surface area contributed by atoms with Gasteiger partial charge >= 0.3 is 6.09 Å². The number of fused-ring (bicyclic) bond motifs is 1. The van der Waals surface area contributed by atoms with Crippen LogP contribution in [0.1, 0.15) is 6.42 Å². The molecular formula is C24H21FN6O3. The monoisotopic (exact) mass is 460 g/mol. The van der Waals surface area contributed by atoms with Crippen molar-refractivity contribution in [1.82, 2.24) is 19.9 Å². The van der Waals surface area contributed by atoms with E-state index in [-0.39, 0.29) is 18.5 Å². The maximum Gasteiger partial charge on any atom is 0.407 e. The summed E-state index contributed by atoms with van der Waals surface area (Å²) in [5, 5.41) is 13.0. The van der Waals surface area contributed by atoms with Crippen LogP contribution >= 0.6 is 0 Å². The summed E-state index contributed by atoms with van der Waals surface area (Å²) in [5.41, 5.74) is 8.81.